The lowest BCUT2D eigenvalue weighted by atomic mass is 10.2. The maximum absolute atomic E-state index is 10.5. The zero-order valence-corrected chi connectivity index (χ0v) is 6.67. The normalized spacial score (nSPS) is 12.8. The molecule has 0 saturated carbocycles. The second-order valence-corrected chi connectivity index (χ2v) is 3.12. The Balaban J connectivity index is 2.50. The Morgan fingerprint density at radius 2 is 2.55 bits per heavy atom. The van der Waals surface area contributed by atoms with Crippen molar-refractivity contribution in [1.82, 2.24) is 4.98 Å². The van der Waals surface area contributed by atoms with E-state index in [1.165, 1.54) is 11.3 Å². The zero-order chi connectivity index (χ0) is 8.27. The molecule has 0 aliphatic carbocycles. The third kappa shape index (κ3) is 2.28. The van der Waals surface area contributed by atoms with Crippen LogP contribution < -0.4 is 11.5 Å². The molecular formula is C6H9N3OS. The molecule has 5 heteroatoms. The molecule has 1 amide bonds. The first-order valence-electron chi connectivity index (χ1n) is 3.13. The molecule has 60 valence electrons. The number of rotatable bonds is 3. The van der Waals surface area contributed by atoms with Gasteiger partial charge in [0.15, 0.2) is 0 Å². The van der Waals surface area contributed by atoms with Crippen molar-refractivity contribution >= 4 is 17.2 Å². The molecule has 1 heterocycles. The minimum atomic E-state index is -0.610. The third-order valence-corrected chi connectivity index (χ3v) is 2.05. The van der Waals surface area contributed by atoms with Crippen LogP contribution in [0.2, 0.25) is 0 Å². The lowest BCUT2D eigenvalue weighted by Crippen LogP contribution is -2.38. The number of thiazole rings is 1. The fourth-order valence-electron chi connectivity index (χ4n) is 0.642. The van der Waals surface area contributed by atoms with E-state index in [9.17, 15) is 4.79 Å². The molecule has 0 aromatic carbocycles. The van der Waals surface area contributed by atoms with Gasteiger partial charge in [-0.1, -0.05) is 0 Å². The van der Waals surface area contributed by atoms with E-state index in [0.29, 0.717) is 6.42 Å². The third-order valence-electron chi connectivity index (χ3n) is 1.24. The summed E-state index contributed by atoms with van der Waals surface area (Å²) in [5.41, 5.74) is 10.4. The topological polar surface area (TPSA) is 82.0 Å². The van der Waals surface area contributed by atoms with Gasteiger partial charge in [-0.25, -0.2) is 4.98 Å². The monoisotopic (exact) mass is 171 g/mol. The van der Waals surface area contributed by atoms with Crippen molar-refractivity contribution in [1.29, 1.82) is 0 Å². The Bertz CT molecular complexity index is 234. The van der Waals surface area contributed by atoms with E-state index in [1.54, 1.807) is 6.20 Å². The molecule has 11 heavy (non-hydrogen) atoms. The summed E-state index contributed by atoms with van der Waals surface area (Å²) < 4.78 is 0. The second kappa shape index (κ2) is 3.45. The molecule has 0 aliphatic heterocycles. The SMILES string of the molecule is NC(=O)[C@@H](N)Cc1nccs1. The Morgan fingerprint density at radius 1 is 1.82 bits per heavy atom. The number of carbonyl (C=O) groups excluding carboxylic acids is 1. The standard InChI is InChI=1S/C6H9N3OS/c7-4(6(8)10)3-5-9-1-2-11-5/h1-2,4H,3,7H2,(H2,8,10)/t4-/m0/s1. The summed E-state index contributed by atoms with van der Waals surface area (Å²) in [5.74, 6) is -0.486. The van der Waals surface area contributed by atoms with Crippen LogP contribution in [-0.4, -0.2) is 16.9 Å². The molecule has 0 spiro atoms. The Labute approximate surface area is 68.2 Å². The maximum atomic E-state index is 10.5. The van der Waals surface area contributed by atoms with E-state index in [4.69, 9.17) is 11.5 Å². The van der Waals surface area contributed by atoms with Crippen LogP contribution in [0.4, 0.5) is 0 Å². The molecular weight excluding hydrogens is 162 g/mol. The fraction of sp³-hybridized carbons (Fsp3) is 0.333. The van der Waals surface area contributed by atoms with Gasteiger partial charge in [0.2, 0.25) is 5.91 Å². The lowest BCUT2D eigenvalue weighted by molar-refractivity contribution is -0.119. The molecule has 0 aliphatic rings. The number of hydrogen-bond acceptors (Lipinski definition) is 4. The minimum Gasteiger partial charge on any atom is -0.368 e. The quantitative estimate of drug-likeness (QED) is 0.643. The van der Waals surface area contributed by atoms with Gasteiger partial charge >= 0.3 is 0 Å². The van der Waals surface area contributed by atoms with Crippen LogP contribution in [0.15, 0.2) is 11.6 Å². The summed E-state index contributed by atoms with van der Waals surface area (Å²) in [7, 11) is 0. The van der Waals surface area contributed by atoms with Crippen LogP contribution in [0.5, 0.6) is 0 Å². The van der Waals surface area contributed by atoms with E-state index >= 15 is 0 Å². The first-order valence-corrected chi connectivity index (χ1v) is 4.01. The summed E-state index contributed by atoms with van der Waals surface area (Å²) >= 11 is 1.47. The number of hydrogen-bond donors (Lipinski definition) is 2. The van der Waals surface area contributed by atoms with Gasteiger partial charge in [-0.05, 0) is 0 Å². The highest BCUT2D eigenvalue weighted by atomic mass is 32.1. The highest BCUT2D eigenvalue weighted by Gasteiger charge is 2.10. The summed E-state index contributed by atoms with van der Waals surface area (Å²) in [6, 6.07) is -0.610. The summed E-state index contributed by atoms with van der Waals surface area (Å²) in [6.45, 7) is 0. The number of nitrogens with two attached hydrogens (primary N) is 2. The van der Waals surface area contributed by atoms with Gasteiger partial charge in [-0.3, -0.25) is 4.79 Å². The number of nitrogens with zero attached hydrogens (tertiary/aromatic N) is 1. The first kappa shape index (κ1) is 8.16. The molecule has 0 radical (unpaired) electrons. The zero-order valence-electron chi connectivity index (χ0n) is 5.86. The second-order valence-electron chi connectivity index (χ2n) is 2.14. The fourth-order valence-corrected chi connectivity index (χ4v) is 1.32. The number of carbonyl (C=O) groups is 1. The van der Waals surface area contributed by atoms with Crippen molar-refractivity contribution in [2.75, 3.05) is 0 Å². The molecule has 4 nitrogen and oxygen atoms in total. The predicted octanol–water partition coefficient (Wildman–Crippen LogP) is -0.502. The van der Waals surface area contributed by atoms with Crippen LogP contribution in [0, 0.1) is 0 Å². The van der Waals surface area contributed by atoms with Gasteiger partial charge in [0.1, 0.15) is 0 Å². The summed E-state index contributed by atoms with van der Waals surface area (Å²) in [4.78, 5) is 14.5. The molecule has 1 rings (SSSR count). The van der Waals surface area contributed by atoms with Gasteiger partial charge in [0.25, 0.3) is 0 Å². The van der Waals surface area contributed by atoms with Crippen molar-refractivity contribution in [3.63, 3.8) is 0 Å². The van der Waals surface area contributed by atoms with Crippen molar-refractivity contribution in [3.8, 4) is 0 Å². The Hall–Kier alpha value is -0.940. The van der Waals surface area contributed by atoms with Gasteiger partial charge in [0.05, 0.1) is 11.0 Å². The molecule has 0 bridgehead atoms. The van der Waals surface area contributed by atoms with E-state index in [1.807, 2.05) is 5.38 Å². The van der Waals surface area contributed by atoms with E-state index in [0.717, 1.165) is 5.01 Å². The first-order chi connectivity index (χ1) is 5.20. The summed E-state index contributed by atoms with van der Waals surface area (Å²) in [5, 5.41) is 2.68. The van der Waals surface area contributed by atoms with Gasteiger partial charge in [-0.15, -0.1) is 11.3 Å². The maximum Gasteiger partial charge on any atom is 0.234 e. The smallest absolute Gasteiger partial charge is 0.234 e. The summed E-state index contributed by atoms with van der Waals surface area (Å²) in [6.07, 6.45) is 2.11. The average Bonchev–Trinajstić information content (AvgIpc) is 2.39. The molecule has 4 N–H and O–H groups in total. The predicted molar refractivity (Wildman–Crippen MR) is 43.0 cm³/mol. The van der Waals surface area contributed by atoms with Crippen molar-refractivity contribution in [2.24, 2.45) is 11.5 Å². The van der Waals surface area contributed by atoms with E-state index < -0.39 is 11.9 Å². The van der Waals surface area contributed by atoms with Gasteiger partial charge in [0, 0.05) is 18.0 Å². The van der Waals surface area contributed by atoms with Crippen molar-refractivity contribution in [3.05, 3.63) is 16.6 Å². The van der Waals surface area contributed by atoms with Crippen molar-refractivity contribution < 1.29 is 4.79 Å². The molecule has 0 fully saturated rings. The number of aromatic nitrogens is 1. The number of primary amides is 1. The largest absolute Gasteiger partial charge is 0.368 e. The van der Waals surface area contributed by atoms with Crippen LogP contribution in [0.25, 0.3) is 0 Å². The van der Waals surface area contributed by atoms with Gasteiger partial charge < -0.3 is 11.5 Å². The molecule has 1 aromatic rings. The van der Waals surface area contributed by atoms with Crippen LogP contribution in [0.1, 0.15) is 5.01 Å². The van der Waals surface area contributed by atoms with Crippen LogP contribution in [0.3, 0.4) is 0 Å². The highest BCUT2D eigenvalue weighted by molar-refractivity contribution is 7.09. The van der Waals surface area contributed by atoms with Crippen molar-refractivity contribution in [2.45, 2.75) is 12.5 Å². The van der Waals surface area contributed by atoms with Gasteiger partial charge in [-0.2, -0.15) is 0 Å². The lowest BCUT2D eigenvalue weighted by Gasteiger charge is -2.02. The number of amides is 1. The van der Waals surface area contributed by atoms with Crippen LogP contribution in [-0.2, 0) is 11.2 Å². The highest BCUT2D eigenvalue weighted by Crippen LogP contribution is 2.05. The molecule has 0 saturated heterocycles. The van der Waals surface area contributed by atoms with E-state index in [2.05, 4.69) is 4.98 Å². The molecule has 1 aromatic heterocycles. The minimum absolute atomic E-state index is 0.438. The average molecular weight is 171 g/mol. The van der Waals surface area contributed by atoms with Crippen LogP contribution >= 0.6 is 11.3 Å². The Morgan fingerprint density at radius 3 is 3.00 bits per heavy atom. The van der Waals surface area contributed by atoms with E-state index in [-0.39, 0.29) is 0 Å². The molecule has 0 unspecified atom stereocenters. The molecule has 1 atom stereocenters. The Kier molecular flexibility index (Phi) is 2.56.